The highest BCUT2D eigenvalue weighted by Gasteiger charge is 2.24. The number of pyridine rings is 2. The minimum atomic E-state index is -3.24. The Kier molecular flexibility index (Phi) is 5.69. The number of likely N-dealkylation sites (tertiary alicyclic amines) is 1. The van der Waals surface area contributed by atoms with Crippen molar-refractivity contribution < 1.29 is 8.42 Å². The molecule has 1 fully saturated rings. The molecule has 8 nitrogen and oxygen atoms in total. The van der Waals surface area contributed by atoms with E-state index in [-0.39, 0.29) is 4.90 Å². The van der Waals surface area contributed by atoms with E-state index < -0.39 is 9.84 Å². The van der Waals surface area contributed by atoms with E-state index in [4.69, 9.17) is 10.1 Å². The van der Waals surface area contributed by atoms with E-state index in [0.717, 1.165) is 63.8 Å². The number of nitrogens with one attached hydrogen (secondary N) is 1. The molecule has 0 amide bonds. The second kappa shape index (κ2) is 8.93. The van der Waals surface area contributed by atoms with Crippen molar-refractivity contribution in [2.24, 2.45) is 5.92 Å². The summed E-state index contributed by atoms with van der Waals surface area (Å²) in [6.45, 7) is 5.30. The van der Waals surface area contributed by atoms with Crippen LogP contribution < -0.4 is 5.32 Å². The molecule has 1 saturated heterocycles. The van der Waals surface area contributed by atoms with Crippen molar-refractivity contribution in [2.45, 2.75) is 18.4 Å². The lowest BCUT2D eigenvalue weighted by atomic mass is 9.98. The predicted octanol–water partition coefficient (Wildman–Crippen LogP) is 4.66. The van der Waals surface area contributed by atoms with Crippen molar-refractivity contribution in [2.75, 3.05) is 31.7 Å². The predicted molar refractivity (Wildman–Crippen MR) is 147 cm³/mol. The normalized spacial score (nSPS) is 14.8. The molecule has 0 unspecified atom stereocenters. The monoisotopic (exact) mass is 512 g/mol. The Morgan fingerprint density at radius 2 is 1.78 bits per heavy atom. The average molecular weight is 513 g/mol. The maximum Gasteiger partial charge on any atom is 0.175 e. The Hall–Kier alpha value is -3.82. The lowest BCUT2D eigenvalue weighted by Gasteiger charge is -2.36. The third kappa shape index (κ3) is 4.45. The van der Waals surface area contributed by atoms with Crippen molar-refractivity contribution in [3.8, 4) is 11.3 Å². The highest BCUT2D eigenvalue weighted by molar-refractivity contribution is 7.90. The number of anilines is 2. The van der Waals surface area contributed by atoms with Crippen molar-refractivity contribution in [3.05, 3.63) is 72.7 Å². The second-order valence-corrected chi connectivity index (χ2v) is 12.0. The first-order valence-corrected chi connectivity index (χ1v) is 14.1. The van der Waals surface area contributed by atoms with Gasteiger partial charge in [0.25, 0.3) is 0 Å². The number of aromatic nitrogens is 4. The van der Waals surface area contributed by atoms with E-state index in [2.05, 4.69) is 46.0 Å². The summed E-state index contributed by atoms with van der Waals surface area (Å²) in [5.41, 5.74) is 5.01. The summed E-state index contributed by atoms with van der Waals surface area (Å²) >= 11 is 0. The van der Waals surface area contributed by atoms with E-state index in [1.165, 1.54) is 6.26 Å². The van der Waals surface area contributed by atoms with Crippen LogP contribution in [0.5, 0.6) is 0 Å². The van der Waals surface area contributed by atoms with Crippen LogP contribution in [0.25, 0.3) is 32.9 Å². The highest BCUT2D eigenvalue weighted by Crippen LogP contribution is 2.34. The van der Waals surface area contributed by atoms with Gasteiger partial charge < -0.3 is 10.2 Å². The Bertz CT molecular complexity index is 1740. The van der Waals surface area contributed by atoms with Gasteiger partial charge in [0, 0.05) is 71.6 Å². The Morgan fingerprint density at radius 3 is 2.51 bits per heavy atom. The van der Waals surface area contributed by atoms with Crippen LogP contribution in [0.2, 0.25) is 0 Å². The first kappa shape index (κ1) is 23.6. The first-order chi connectivity index (χ1) is 17.8. The maximum absolute atomic E-state index is 11.8. The lowest BCUT2D eigenvalue weighted by molar-refractivity contribution is 0.117. The molecule has 4 heterocycles. The van der Waals surface area contributed by atoms with Crippen molar-refractivity contribution in [1.29, 1.82) is 0 Å². The van der Waals surface area contributed by atoms with Gasteiger partial charge in [-0.15, -0.1) is 0 Å². The third-order valence-electron chi connectivity index (χ3n) is 7.12. The van der Waals surface area contributed by atoms with Crippen LogP contribution in [0.3, 0.4) is 0 Å². The zero-order valence-corrected chi connectivity index (χ0v) is 21.8. The summed E-state index contributed by atoms with van der Waals surface area (Å²) in [6, 6.07) is 14.9. The number of hydrogen-bond donors (Lipinski definition) is 1. The van der Waals surface area contributed by atoms with Crippen molar-refractivity contribution in [3.63, 3.8) is 0 Å². The number of fused-ring (bicyclic) bond motifs is 2. The van der Waals surface area contributed by atoms with E-state index in [1.807, 2.05) is 30.7 Å². The van der Waals surface area contributed by atoms with Crippen LogP contribution in [-0.4, -0.2) is 59.5 Å². The topological polar surface area (TPSA) is 93.0 Å². The highest BCUT2D eigenvalue weighted by atomic mass is 32.2. The molecule has 0 aliphatic carbocycles. The van der Waals surface area contributed by atoms with Gasteiger partial charge in [-0.25, -0.2) is 13.4 Å². The van der Waals surface area contributed by atoms with Gasteiger partial charge in [0.1, 0.15) is 5.82 Å². The summed E-state index contributed by atoms with van der Waals surface area (Å²) in [6.07, 6.45) is 6.81. The number of aryl methyl sites for hydroxylation is 1. The summed E-state index contributed by atoms with van der Waals surface area (Å²) in [5, 5.41) is 11.1. The molecule has 188 valence electrons. The fraction of sp³-hybridized carbons (Fsp3) is 0.250. The molecule has 0 bridgehead atoms. The SMILES string of the molecule is Cc1c(-c2nccc3cnc(Nc4ccc(S(C)(=O)=O)cc4)cc23)ccc2c1cnn2CC1CN(C)C1. The van der Waals surface area contributed by atoms with Gasteiger partial charge in [0.2, 0.25) is 0 Å². The van der Waals surface area contributed by atoms with Gasteiger partial charge >= 0.3 is 0 Å². The number of hydrogen-bond acceptors (Lipinski definition) is 7. The largest absolute Gasteiger partial charge is 0.340 e. The molecule has 1 aliphatic rings. The fourth-order valence-corrected chi connectivity index (χ4v) is 5.79. The lowest BCUT2D eigenvalue weighted by Crippen LogP contribution is -2.45. The number of benzene rings is 2. The molecule has 0 radical (unpaired) electrons. The molecular weight excluding hydrogens is 484 g/mol. The van der Waals surface area contributed by atoms with Crippen LogP contribution in [0, 0.1) is 12.8 Å². The molecule has 0 saturated carbocycles. The minimum absolute atomic E-state index is 0.283. The zero-order valence-electron chi connectivity index (χ0n) is 21.0. The molecule has 5 aromatic rings. The quantitative estimate of drug-likeness (QED) is 0.354. The van der Waals surface area contributed by atoms with Crippen LogP contribution >= 0.6 is 0 Å². The zero-order chi connectivity index (χ0) is 25.7. The standard InChI is InChI=1S/C28H28N6O2S/c1-18-23(8-9-26-25(18)14-31-34(26)17-19-15-33(2)16-19)28-24-12-27(30-13-20(24)10-11-29-28)32-21-4-6-22(7-5-21)37(3,35)36/h4-14,19H,15-17H2,1-3H3,(H,30,32). The molecule has 0 spiro atoms. The fourth-order valence-electron chi connectivity index (χ4n) is 5.16. The van der Waals surface area contributed by atoms with Gasteiger partial charge in [-0.1, -0.05) is 6.07 Å². The van der Waals surface area contributed by atoms with Gasteiger partial charge in [-0.05, 0) is 62.0 Å². The average Bonchev–Trinajstić information content (AvgIpc) is 3.26. The van der Waals surface area contributed by atoms with Gasteiger partial charge in [-0.2, -0.15) is 5.10 Å². The molecule has 1 aliphatic heterocycles. The molecular formula is C28H28N6O2S. The van der Waals surface area contributed by atoms with Crippen LogP contribution in [0.1, 0.15) is 5.56 Å². The molecule has 9 heteroatoms. The van der Waals surface area contributed by atoms with Crippen LogP contribution in [-0.2, 0) is 16.4 Å². The number of nitrogens with zero attached hydrogens (tertiary/aromatic N) is 5. The van der Waals surface area contributed by atoms with Gasteiger partial charge in [0.05, 0.1) is 22.3 Å². The van der Waals surface area contributed by atoms with E-state index in [9.17, 15) is 8.42 Å². The smallest absolute Gasteiger partial charge is 0.175 e. The Balaban J connectivity index is 1.35. The van der Waals surface area contributed by atoms with E-state index >= 15 is 0 Å². The molecule has 3 aromatic heterocycles. The van der Waals surface area contributed by atoms with Crippen molar-refractivity contribution in [1.82, 2.24) is 24.6 Å². The van der Waals surface area contributed by atoms with Crippen LogP contribution in [0.15, 0.2) is 72.0 Å². The van der Waals surface area contributed by atoms with Crippen molar-refractivity contribution >= 4 is 43.0 Å². The molecule has 2 aromatic carbocycles. The molecule has 0 atom stereocenters. The van der Waals surface area contributed by atoms with Gasteiger partial charge in [-0.3, -0.25) is 9.67 Å². The van der Waals surface area contributed by atoms with E-state index in [1.54, 1.807) is 24.3 Å². The minimum Gasteiger partial charge on any atom is -0.340 e. The number of rotatable bonds is 6. The summed E-state index contributed by atoms with van der Waals surface area (Å²) < 4.78 is 25.6. The Labute approximate surface area is 215 Å². The molecule has 6 rings (SSSR count). The summed E-state index contributed by atoms with van der Waals surface area (Å²) in [5.74, 6) is 1.31. The molecule has 37 heavy (non-hydrogen) atoms. The summed E-state index contributed by atoms with van der Waals surface area (Å²) in [4.78, 5) is 11.9. The third-order valence-corrected chi connectivity index (χ3v) is 8.25. The number of sulfone groups is 1. The van der Waals surface area contributed by atoms with E-state index in [0.29, 0.717) is 11.7 Å². The first-order valence-electron chi connectivity index (χ1n) is 12.2. The molecule has 1 N–H and O–H groups in total. The second-order valence-electron chi connectivity index (χ2n) is 9.96. The summed E-state index contributed by atoms with van der Waals surface area (Å²) in [7, 11) is -1.09. The van der Waals surface area contributed by atoms with Crippen LogP contribution in [0.4, 0.5) is 11.5 Å². The Morgan fingerprint density at radius 1 is 1.00 bits per heavy atom. The van der Waals surface area contributed by atoms with Gasteiger partial charge in [0.15, 0.2) is 9.84 Å². The maximum atomic E-state index is 11.8.